The summed E-state index contributed by atoms with van der Waals surface area (Å²) in [6.45, 7) is 2.16. The number of carbonyl (C=O) groups excluding carboxylic acids is 1. The maximum atomic E-state index is 13.5. The molecular weight excluding hydrogens is 450 g/mol. The Morgan fingerprint density at radius 2 is 1.79 bits per heavy atom. The number of nitrogens with one attached hydrogen (secondary N) is 1. The molecule has 0 spiro atoms. The van der Waals surface area contributed by atoms with Gasteiger partial charge in [-0.2, -0.15) is 4.31 Å². The summed E-state index contributed by atoms with van der Waals surface area (Å²) in [4.78, 5) is 16.5. The topological polar surface area (TPSA) is 84.3 Å². The first-order chi connectivity index (χ1) is 15.8. The van der Waals surface area contributed by atoms with E-state index in [1.807, 2.05) is 42.0 Å². The van der Waals surface area contributed by atoms with E-state index in [1.54, 1.807) is 12.5 Å². The molecule has 0 aliphatic carbocycles. The van der Waals surface area contributed by atoms with Crippen LogP contribution in [-0.4, -0.2) is 41.3 Å². The van der Waals surface area contributed by atoms with Crippen molar-refractivity contribution in [3.05, 3.63) is 78.4 Å². The van der Waals surface area contributed by atoms with Crippen molar-refractivity contribution in [2.45, 2.75) is 30.7 Å². The van der Waals surface area contributed by atoms with Crippen molar-refractivity contribution < 1.29 is 22.0 Å². The normalized spacial score (nSPS) is 16.5. The van der Waals surface area contributed by atoms with Gasteiger partial charge < -0.3 is 9.88 Å². The highest BCUT2D eigenvalue weighted by molar-refractivity contribution is 7.89. The lowest BCUT2D eigenvalue weighted by Crippen LogP contribution is -2.43. The fourth-order valence-electron chi connectivity index (χ4n) is 3.91. The number of piperidine rings is 1. The molecule has 0 bridgehead atoms. The Bertz CT molecular complexity index is 1220. The Kier molecular flexibility index (Phi) is 6.57. The van der Waals surface area contributed by atoms with Crippen LogP contribution in [0.4, 0.5) is 8.78 Å². The number of halogens is 2. The van der Waals surface area contributed by atoms with Gasteiger partial charge in [0.25, 0.3) is 0 Å². The number of hydrogen-bond donors (Lipinski definition) is 1. The lowest BCUT2D eigenvalue weighted by Gasteiger charge is -2.31. The number of hydrogen-bond acceptors (Lipinski definition) is 4. The molecule has 1 aliphatic heterocycles. The molecule has 7 nitrogen and oxygen atoms in total. The third kappa shape index (κ3) is 4.96. The number of rotatable bonds is 6. The number of amides is 1. The second kappa shape index (κ2) is 9.40. The molecule has 1 N–H and O–H groups in total. The van der Waals surface area contributed by atoms with Crippen molar-refractivity contribution in [3.8, 4) is 5.69 Å². The van der Waals surface area contributed by atoms with Crippen molar-refractivity contribution in [2.75, 3.05) is 13.1 Å². The molecule has 0 unspecified atom stereocenters. The zero-order chi connectivity index (χ0) is 23.6. The van der Waals surface area contributed by atoms with Gasteiger partial charge in [0.15, 0.2) is 11.6 Å². The Labute approximate surface area is 191 Å². The summed E-state index contributed by atoms with van der Waals surface area (Å²) < 4.78 is 55.2. The smallest absolute Gasteiger partial charge is 0.243 e. The summed E-state index contributed by atoms with van der Waals surface area (Å²) in [6, 6.07) is 10.1. The summed E-state index contributed by atoms with van der Waals surface area (Å²) in [7, 11) is -3.95. The molecule has 1 saturated heterocycles. The lowest BCUT2D eigenvalue weighted by atomic mass is 9.96. The van der Waals surface area contributed by atoms with Crippen molar-refractivity contribution in [1.82, 2.24) is 19.2 Å². The van der Waals surface area contributed by atoms with Gasteiger partial charge in [-0.15, -0.1) is 0 Å². The van der Waals surface area contributed by atoms with Crippen LogP contribution in [0, 0.1) is 17.6 Å². The molecule has 4 rings (SSSR count). The first-order valence-corrected chi connectivity index (χ1v) is 12.0. The number of benzene rings is 2. The molecule has 10 heteroatoms. The van der Waals surface area contributed by atoms with Crippen LogP contribution >= 0.6 is 0 Å². The fraction of sp³-hybridized carbons (Fsp3) is 0.304. The summed E-state index contributed by atoms with van der Waals surface area (Å²) in [5.41, 5.74) is 1.91. The van der Waals surface area contributed by atoms with Gasteiger partial charge in [0, 0.05) is 37.1 Å². The molecule has 1 aliphatic rings. The second-order valence-corrected chi connectivity index (χ2v) is 9.98. The minimum absolute atomic E-state index is 0.132. The van der Waals surface area contributed by atoms with Crippen LogP contribution in [-0.2, 0) is 14.8 Å². The van der Waals surface area contributed by atoms with E-state index in [0.29, 0.717) is 18.9 Å². The summed E-state index contributed by atoms with van der Waals surface area (Å²) >= 11 is 0. The Balaban J connectivity index is 1.34. The molecule has 0 saturated carbocycles. The Morgan fingerprint density at radius 3 is 2.39 bits per heavy atom. The molecule has 1 fully saturated rings. The van der Waals surface area contributed by atoms with E-state index in [4.69, 9.17) is 0 Å². The van der Waals surface area contributed by atoms with Gasteiger partial charge in [0.1, 0.15) is 0 Å². The van der Waals surface area contributed by atoms with Crippen molar-refractivity contribution in [1.29, 1.82) is 0 Å². The third-order valence-electron chi connectivity index (χ3n) is 5.91. The average Bonchev–Trinajstić information content (AvgIpc) is 3.36. The zero-order valence-electron chi connectivity index (χ0n) is 18.0. The largest absolute Gasteiger partial charge is 0.349 e. The Morgan fingerprint density at radius 1 is 1.09 bits per heavy atom. The van der Waals surface area contributed by atoms with E-state index in [9.17, 15) is 22.0 Å². The molecule has 2 heterocycles. The maximum Gasteiger partial charge on any atom is 0.243 e. The first kappa shape index (κ1) is 23.1. The maximum absolute atomic E-state index is 13.5. The number of sulfonamides is 1. The standard InChI is InChI=1S/C23H24F2N4O3S/c1-16(17-2-4-19(5-3-17)28-13-10-26-15-28)27-23(30)18-8-11-29(12-9-18)33(31,32)20-6-7-21(24)22(25)14-20/h2-7,10,13-16,18H,8-9,11-12H2,1H3,(H,27,30)/t16-/m0/s1. The van der Waals surface area contributed by atoms with Crippen LogP contribution in [0.25, 0.3) is 5.69 Å². The number of carbonyl (C=O) groups is 1. The van der Waals surface area contributed by atoms with E-state index >= 15 is 0 Å². The van der Waals surface area contributed by atoms with Crippen molar-refractivity contribution >= 4 is 15.9 Å². The van der Waals surface area contributed by atoms with Crippen LogP contribution in [0.1, 0.15) is 31.4 Å². The van der Waals surface area contributed by atoms with Gasteiger partial charge in [-0.05, 0) is 55.7 Å². The number of imidazole rings is 1. The molecule has 2 aromatic carbocycles. The van der Waals surface area contributed by atoms with Crippen molar-refractivity contribution in [2.24, 2.45) is 5.92 Å². The van der Waals surface area contributed by atoms with Crippen LogP contribution in [0.2, 0.25) is 0 Å². The monoisotopic (exact) mass is 474 g/mol. The van der Waals surface area contributed by atoms with Gasteiger partial charge in [-0.1, -0.05) is 12.1 Å². The van der Waals surface area contributed by atoms with Gasteiger partial charge >= 0.3 is 0 Å². The van der Waals surface area contributed by atoms with Crippen LogP contribution < -0.4 is 5.32 Å². The number of aromatic nitrogens is 2. The third-order valence-corrected chi connectivity index (χ3v) is 7.80. The fourth-order valence-corrected chi connectivity index (χ4v) is 5.39. The highest BCUT2D eigenvalue weighted by Crippen LogP contribution is 2.26. The highest BCUT2D eigenvalue weighted by Gasteiger charge is 2.33. The van der Waals surface area contributed by atoms with Crippen LogP contribution in [0.15, 0.2) is 66.1 Å². The van der Waals surface area contributed by atoms with Gasteiger partial charge in [-0.25, -0.2) is 22.2 Å². The summed E-state index contributed by atoms with van der Waals surface area (Å²) in [5, 5.41) is 3.00. The molecule has 3 aromatic rings. The van der Waals surface area contributed by atoms with Crippen LogP contribution in [0.5, 0.6) is 0 Å². The molecule has 1 amide bonds. The van der Waals surface area contributed by atoms with Gasteiger partial charge in [0.2, 0.25) is 15.9 Å². The molecular formula is C23H24F2N4O3S. The molecule has 1 atom stereocenters. The zero-order valence-corrected chi connectivity index (χ0v) is 18.8. The van der Waals surface area contributed by atoms with Gasteiger partial charge in [-0.3, -0.25) is 4.79 Å². The van der Waals surface area contributed by atoms with Gasteiger partial charge in [0.05, 0.1) is 17.3 Å². The van der Waals surface area contributed by atoms with E-state index in [1.165, 1.54) is 4.31 Å². The molecule has 0 radical (unpaired) electrons. The lowest BCUT2D eigenvalue weighted by molar-refractivity contribution is -0.126. The van der Waals surface area contributed by atoms with E-state index in [-0.39, 0.29) is 35.9 Å². The molecule has 1 aromatic heterocycles. The SMILES string of the molecule is C[C@H](NC(=O)C1CCN(S(=O)(=O)c2ccc(F)c(F)c2)CC1)c1ccc(-n2ccnc2)cc1. The molecule has 33 heavy (non-hydrogen) atoms. The van der Waals surface area contributed by atoms with Crippen LogP contribution in [0.3, 0.4) is 0 Å². The number of nitrogens with zero attached hydrogens (tertiary/aromatic N) is 3. The highest BCUT2D eigenvalue weighted by atomic mass is 32.2. The second-order valence-electron chi connectivity index (χ2n) is 8.05. The minimum Gasteiger partial charge on any atom is -0.349 e. The Hall–Kier alpha value is -3.11. The summed E-state index contributed by atoms with van der Waals surface area (Å²) in [6.07, 6.45) is 5.95. The first-order valence-electron chi connectivity index (χ1n) is 10.6. The van der Waals surface area contributed by atoms with Crippen molar-refractivity contribution in [3.63, 3.8) is 0 Å². The minimum atomic E-state index is -3.95. The van der Waals surface area contributed by atoms with E-state index < -0.39 is 21.7 Å². The van der Waals surface area contributed by atoms with E-state index in [2.05, 4.69) is 10.3 Å². The quantitative estimate of drug-likeness (QED) is 0.593. The predicted molar refractivity (Wildman–Crippen MR) is 118 cm³/mol. The molecule has 174 valence electrons. The summed E-state index contributed by atoms with van der Waals surface area (Å²) in [5.74, 6) is -2.77. The average molecular weight is 475 g/mol. The van der Waals surface area contributed by atoms with E-state index in [0.717, 1.165) is 23.4 Å². The predicted octanol–water partition coefficient (Wildman–Crippen LogP) is 3.43.